The number of unbranched alkanes of at least 4 members (excludes halogenated alkanes) is 22. The van der Waals surface area contributed by atoms with E-state index in [1.54, 1.807) is 0 Å². The highest BCUT2D eigenvalue weighted by molar-refractivity contribution is 5.77. The molecule has 2 aromatic rings. The predicted octanol–water partition coefficient (Wildman–Crippen LogP) is 10.2. The minimum absolute atomic E-state index is 0.149. The zero-order valence-corrected chi connectivity index (χ0v) is 30.5. The first-order valence-electron chi connectivity index (χ1n) is 19.4. The number of aromatic nitrogens is 2. The van der Waals surface area contributed by atoms with Gasteiger partial charge in [0.05, 0.1) is 12.4 Å². The Morgan fingerprint density at radius 2 is 0.755 bits per heavy atom. The maximum atomic E-state index is 12.9. The maximum Gasteiger partial charge on any atom is 0.266 e. The highest BCUT2D eigenvalue weighted by Gasteiger charge is 2.20. The Bertz CT molecular complexity index is 1250. The Labute approximate surface area is 294 Å². The van der Waals surface area contributed by atoms with Crippen LogP contribution < -0.4 is 15.6 Å². The predicted molar refractivity (Wildman–Crippen MR) is 198 cm³/mol. The summed E-state index contributed by atoms with van der Waals surface area (Å²) in [5.41, 5.74) is -2.16. The zero-order chi connectivity index (χ0) is 35.7. The Balaban J connectivity index is 1.93. The smallest absolute Gasteiger partial charge is 0.266 e. The Morgan fingerprint density at radius 3 is 1.02 bits per heavy atom. The molecule has 2 heterocycles. The number of hydrogen-bond donors (Lipinski definition) is 2. The lowest BCUT2D eigenvalue weighted by atomic mass is 10.1. The molecular formula is C40H64N2O7. The fraction of sp³-hybridized carbons (Fsp3) is 0.700. The van der Waals surface area contributed by atoms with Crippen molar-refractivity contribution < 1.29 is 24.5 Å². The van der Waals surface area contributed by atoms with Gasteiger partial charge in [-0.2, -0.15) is 0 Å². The van der Waals surface area contributed by atoms with Crippen LogP contribution in [0.15, 0.2) is 22.0 Å². The van der Waals surface area contributed by atoms with Crippen molar-refractivity contribution in [3.8, 4) is 23.0 Å². The minimum Gasteiger partial charge on any atom is -0.502 e. The summed E-state index contributed by atoms with van der Waals surface area (Å²) < 4.78 is 8.63. The van der Waals surface area contributed by atoms with Crippen molar-refractivity contribution in [2.24, 2.45) is 0 Å². The van der Waals surface area contributed by atoms with Gasteiger partial charge in [0.25, 0.3) is 10.9 Å². The molecule has 0 amide bonds. The van der Waals surface area contributed by atoms with Crippen LogP contribution in [-0.4, -0.2) is 31.9 Å². The number of carbonyl (C=O) groups excluding carboxylic acids is 2. The van der Waals surface area contributed by atoms with Gasteiger partial charge < -0.3 is 24.1 Å². The van der Waals surface area contributed by atoms with Gasteiger partial charge in [-0.05, 0) is 12.8 Å². The molecule has 0 aliphatic heterocycles. The topological polar surface area (TPSA) is 128 Å². The Kier molecular flexibility index (Phi) is 21.8. The number of nitrogens with zero attached hydrogens (tertiary/aromatic N) is 2. The molecule has 9 nitrogen and oxygen atoms in total. The third kappa shape index (κ3) is 15.4. The Morgan fingerprint density at radius 1 is 0.490 bits per heavy atom. The van der Waals surface area contributed by atoms with E-state index in [1.807, 2.05) is 0 Å². The second-order valence-corrected chi connectivity index (χ2v) is 13.6. The third-order valence-electron chi connectivity index (χ3n) is 9.48. The summed E-state index contributed by atoms with van der Waals surface area (Å²) in [6.07, 6.45) is 31.9. The summed E-state index contributed by atoms with van der Waals surface area (Å²) in [7, 11) is 0. The van der Waals surface area contributed by atoms with E-state index in [-0.39, 0.29) is 22.9 Å². The molecule has 0 saturated carbocycles. The number of rotatable bonds is 30. The fourth-order valence-corrected chi connectivity index (χ4v) is 6.40. The van der Waals surface area contributed by atoms with E-state index in [4.69, 9.17) is 4.74 Å². The summed E-state index contributed by atoms with van der Waals surface area (Å²) >= 11 is 0. The van der Waals surface area contributed by atoms with E-state index in [1.165, 1.54) is 124 Å². The van der Waals surface area contributed by atoms with Crippen molar-refractivity contribution >= 4 is 12.6 Å². The first-order chi connectivity index (χ1) is 23.9. The van der Waals surface area contributed by atoms with E-state index in [9.17, 15) is 29.4 Å². The summed E-state index contributed by atoms with van der Waals surface area (Å²) in [5, 5.41) is 21.1. The van der Waals surface area contributed by atoms with Crippen molar-refractivity contribution in [1.29, 1.82) is 0 Å². The second-order valence-electron chi connectivity index (χ2n) is 13.6. The van der Waals surface area contributed by atoms with Crippen LogP contribution in [0.4, 0.5) is 0 Å². The first kappa shape index (κ1) is 41.8. The highest BCUT2D eigenvalue weighted by atomic mass is 16.5. The van der Waals surface area contributed by atoms with E-state index < -0.39 is 22.4 Å². The van der Waals surface area contributed by atoms with Crippen LogP contribution in [0.25, 0.3) is 0 Å². The molecule has 0 radical (unpaired) electrons. The van der Waals surface area contributed by atoms with Crippen molar-refractivity contribution in [3.05, 3.63) is 44.2 Å². The van der Waals surface area contributed by atoms with E-state index in [2.05, 4.69) is 13.8 Å². The van der Waals surface area contributed by atoms with Crippen molar-refractivity contribution in [1.82, 2.24) is 9.13 Å². The molecule has 0 spiro atoms. The summed E-state index contributed by atoms with van der Waals surface area (Å²) in [5.74, 6) is -2.18. The van der Waals surface area contributed by atoms with Gasteiger partial charge in [-0.3, -0.25) is 19.2 Å². The van der Waals surface area contributed by atoms with E-state index in [0.29, 0.717) is 25.7 Å². The average molecular weight is 685 g/mol. The average Bonchev–Trinajstić information content (AvgIpc) is 3.10. The van der Waals surface area contributed by atoms with Crippen LogP contribution in [0, 0.1) is 0 Å². The highest BCUT2D eigenvalue weighted by Crippen LogP contribution is 2.24. The lowest BCUT2D eigenvalue weighted by molar-refractivity contribution is 0.110. The van der Waals surface area contributed by atoms with Gasteiger partial charge in [-0.15, -0.1) is 0 Å². The minimum atomic E-state index is -0.932. The van der Waals surface area contributed by atoms with Gasteiger partial charge >= 0.3 is 0 Å². The second kappa shape index (κ2) is 25.6. The Hall–Kier alpha value is -3.36. The molecule has 2 N–H and O–H groups in total. The monoisotopic (exact) mass is 684 g/mol. The molecule has 9 heteroatoms. The number of pyridine rings is 2. The zero-order valence-electron chi connectivity index (χ0n) is 30.5. The van der Waals surface area contributed by atoms with Crippen LogP contribution in [0.1, 0.15) is 189 Å². The summed E-state index contributed by atoms with van der Waals surface area (Å²) in [6, 6.07) is 0. The number of hydrogen-bond acceptors (Lipinski definition) is 7. The molecule has 276 valence electrons. The number of aldehydes is 2. The number of carbonyl (C=O) groups is 2. The molecule has 0 bridgehead atoms. The van der Waals surface area contributed by atoms with E-state index >= 15 is 0 Å². The lowest BCUT2D eigenvalue weighted by Crippen LogP contribution is -2.19. The number of ether oxygens (including phenoxy) is 1. The molecule has 0 atom stereocenters. The molecule has 49 heavy (non-hydrogen) atoms. The standard InChI is InChI=1S/C40H64N2O7/c1-3-5-7-9-11-13-15-17-19-21-23-25-27-41-29-35(39(47)37(45)33(41)31-43)49-36-30-42(34(32-44)38(46)40(36)48)28-26-24-22-20-18-16-14-12-10-8-6-4-2/h29-32,45-46H,3-28H2,1-2H3. The quantitative estimate of drug-likeness (QED) is 0.0619. The fourth-order valence-electron chi connectivity index (χ4n) is 6.40. The van der Waals surface area contributed by atoms with E-state index in [0.717, 1.165) is 51.4 Å². The molecule has 0 aliphatic rings. The molecule has 2 rings (SSSR count). The van der Waals surface area contributed by atoms with Gasteiger partial charge in [0.1, 0.15) is 11.4 Å². The number of aryl methyl sites for hydroxylation is 2. The molecular weight excluding hydrogens is 620 g/mol. The van der Waals surface area contributed by atoms with Crippen molar-refractivity contribution in [2.45, 2.75) is 181 Å². The molecule has 0 unspecified atom stereocenters. The van der Waals surface area contributed by atoms with Crippen LogP contribution in [0.2, 0.25) is 0 Å². The summed E-state index contributed by atoms with van der Waals surface area (Å²) in [6.45, 7) is 5.23. The first-order valence-corrected chi connectivity index (χ1v) is 19.4. The van der Waals surface area contributed by atoms with Gasteiger partial charge in [0.2, 0.25) is 0 Å². The van der Waals surface area contributed by atoms with Gasteiger partial charge in [0, 0.05) is 13.1 Å². The third-order valence-corrected chi connectivity index (χ3v) is 9.48. The molecule has 0 saturated heterocycles. The van der Waals surface area contributed by atoms with Crippen LogP contribution in [-0.2, 0) is 13.1 Å². The van der Waals surface area contributed by atoms with Crippen LogP contribution in [0.3, 0.4) is 0 Å². The molecule has 0 aliphatic carbocycles. The molecule has 0 aromatic carbocycles. The molecule has 0 fully saturated rings. The van der Waals surface area contributed by atoms with Gasteiger partial charge in [-0.1, -0.05) is 155 Å². The maximum absolute atomic E-state index is 12.9. The van der Waals surface area contributed by atoms with Gasteiger partial charge in [-0.25, -0.2) is 0 Å². The summed E-state index contributed by atoms with van der Waals surface area (Å²) in [4.78, 5) is 49.4. The van der Waals surface area contributed by atoms with Gasteiger partial charge in [0.15, 0.2) is 35.6 Å². The largest absolute Gasteiger partial charge is 0.502 e. The number of aromatic hydroxyl groups is 2. The normalized spacial score (nSPS) is 11.2. The van der Waals surface area contributed by atoms with Crippen molar-refractivity contribution in [3.63, 3.8) is 0 Å². The van der Waals surface area contributed by atoms with Crippen molar-refractivity contribution in [2.75, 3.05) is 0 Å². The molecule has 2 aromatic heterocycles. The van der Waals surface area contributed by atoms with Crippen LogP contribution >= 0.6 is 0 Å². The SMILES string of the molecule is CCCCCCCCCCCCCCn1cc(Oc2cn(CCCCCCCCCCCCCC)c(C=O)c(O)c2=O)c(=O)c(O)c1C=O. The van der Waals surface area contributed by atoms with Crippen LogP contribution in [0.5, 0.6) is 23.0 Å². The lowest BCUT2D eigenvalue weighted by Gasteiger charge is -2.16.